The standard InChI is InChI=1S/C6H12O4.C2H6/c1-3-4-9-6(7)10-5-8-2;1-2/h3-5H2,1-2H3;1-2H3. The molecule has 0 spiro atoms. The predicted octanol–water partition coefficient (Wildman–Crippen LogP) is 2.18. The van der Waals surface area contributed by atoms with Crippen LogP contribution >= 0.6 is 0 Å². The fraction of sp³-hybridized carbons (Fsp3) is 0.875. The zero-order chi connectivity index (χ0) is 9.82. The highest BCUT2D eigenvalue weighted by Gasteiger charge is 1.99. The summed E-state index contributed by atoms with van der Waals surface area (Å²) >= 11 is 0. The number of hydrogen-bond acceptors (Lipinski definition) is 4. The average Bonchev–Trinajstić information content (AvgIpc) is 2.14. The molecule has 0 aliphatic carbocycles. The average molecular weight is 178 g/mol. The second-order valence-electron chi connectivity index (χ2n) is 1.65. The molecule has 4 nitrogen and oxygen atoms in total. The molecule has 0 fully saturated rings. The summed E-state index contributed by atoms with van der Waals surface area (Å²) in [4.78, 5) is 10.4. The maximum atomic E-state index is 10.4. The van der Waals surface area contributed by atoms with Crippen molar-refractivity contribution in [2.24, 2.45) is 0 Å². The van der Waals surface area contributed by atoms with Crippen LogP contribution in [-0.2, 0) is 14.2 Å². The lowest BCUT2D eigenvalue weighted by Crippen LogP contribution is -2.09. The van der Waals surface area contributed by atoms with Crippen molar-refractivity contribution in [3.63, 3.8) is 0 Å². The number of carbonyl (C=O) groups is 1. The molecule has 4 heteroatoms. The van der Waals surface area contributed by atoms with Crippen LogP contribution in [0, 0.1) is 0 Å². The van der Waals surface area contributed by atoms with Gasteiger partial charge < -0.3 is 14.2 Å². The van der Waals surface area contributed by atoms with E-state index in [1.807, 2.05) is 20.8 Å². The first-order chi connectivity index (χ1) is 5.81. The summed E-state index contributed by atoms with van der Waals surface area (Å²) in [7, 11) is 1.44. The van der Waals surface area contributed by atoms with Gasteiger partial charge >= 0.3 is 6.16 Å². The molecule has 0 rings (SSSR count). The minimum absolute atomic E-state index is 0.0530. The number of carbonyl (C=O) groups excluding carboxylic acids is 1. The van der Waals surface area contributed by atoms with E-state index in [1.165, 1.54) is 7.11 Å². The van der Waals surface area contributed by atoms with Crippen molar-refractivity contribution in [3.05, 3.63) is 0 Å². The zero-order valence-electron chi connectivity index (χ0n) is 8.25. The molecule has 0 saturated heterocycles. The molecule has 0 aromatic carbocycles. The van der Waals surface area contributed by atoms with E-state index in [9.17, 15) is 4.79 Å². The summed E-state index contributed by atoms with van der Waals surface area (Å²) in [6.07, 6.45) is 0.117. The first kappa shape index (κ1) is 13.8. The minimum Gasteiger partial charge on any atom is -0.434 e. The first-order valence-electron chi connectivity index (χ1n) is 4.09. The van der Waals surface area contributed by atoms with E-state index in [0.717, 1.165) is 6.42 Å². The Morgan fingerprint density at radius 2 is 1.83 bits per heavy atom. The second-order valence-corrected chi connectivity index (χ2v) is 1.65. The molecular formula is C8H18O4. The lowest BCUT2D eigenvalue weighted by Gasteiger charge is -2.02. The molecule has 0 aromatic heterocycles. The Morgan fingerprint density at radius 3 is 2.25 bits per heavy atom. The molecular weight excluding hydrogens is 160 g/mol. The Bertz CT molecular complexity index is 83.1. The number of hydrogen-bond donors (Lipinski definition) is 0. The van der Waals surface area contributed by atoms with Gasteiger partial charge in [0.2, 0.25) is 0 Å². The summed E-state index contributed by atoms with van der Waals surface area (Å²) in [5.74, 6) is 0. The van der Waals surface area contributed by atoms with Crippen molar-refractivity contribution in [1.82, 2.24) is 0 Å². The third-order valence-corrected chi connectivity index (χ3v) is 0.719. The van der Waals surface area contributed by atoms with Gasteiger partial charge in [0.15, 0.2) is 6.79 Å². The largest absolute Gasteiger partial charge is 0.510 e. The molecule has 0 radical (unpaired) electrons. The van der Waals surface area contributed by atoms with E-state index in [4.69, 9.17) is 0 Å². The van der Waals surface area contributed by atoms with E-state index in [0.29, 0.717) is 6.61 Å². The molecule has 0 aromatic rings. The van der Waals surface area contributed by atoms with E-state index in [2.05, 4.69) is 14.2 Å². The molecule has 0 heterocycles. The van der Waals surface area contributed by atoms with E-state index < -0.39 is 6.16 Å². The van der Waals surface area contributed by atoms with Crippen LogP contribution in [0.5, 0.6) is 0 Å². The van der Waals surface area contributed by atoms with Gasteiger partial charge in [0.1, 0.15) is 0 Å². The molecule has 0 bridgehead atoms. The molecule has 0 saturated carbocycles. The van der Waals surface area contributed by atoms with E-state index in [1.54, 1.807) is 0 Å². The molecule has 0 atom stereocenters. The summed E-state index contributed by atoms with van der Waals surface area (Å²) in [5, 5.41) is 0. The Balaban J connectivity index is 0. The fourth-order valence-corrected chi connectivity index (χ4v) is 0.334. The van der Waals surface area contributed by atoms with Crippen LogP contribution in [0.3, 0.4) is 0 Å². The van der Waals surface area contributed by atoms with Gasteiger partial charge in [-0.2, -0.15) is 0 Å². The van der Waals surface area contributed by atoms with Gasteiger partial charge in [0.25, 0.3) is 0 Å². The topological polar surface area (TPSA) is 44.8 Å². The SMILES string of the molecule is CC.CCCOC(=O)OCOC. The van der Waals surface area contributed by atoms with Crippen LogP contribution in [0.25, 0.3) is 0 Å². The normalized spacial score (nSPS) is 8.00. The van der Waals surface area contributed by atoms with Gasteiger partial charge in [0, 0.05) is 7.11 Å². The zero-order valence-corrected chi connectivity index (χ0v) is 8.25. The van der Waals surface area contributed by atoms with Gasteiger partial charge in [-0.05, 0) is 6.42 Å². The van der Waals surface area contributed by atoms with Crippen molar-refractivity contribution < 1.29 is 19.0 Å². The van der Waals surface area contributed by atoms with Crippen LogP contribution in [0.4, 0.5) is 4.79 Å². The van der Waals surface area contributed by atoms with Crippen molar-refractivity contribution in [3.8, 4) is 0 Å². The summed E-state index contributed by atoms with van der Waals surface area (Å²) < 4.78 is 13.4. The second kappa shape index (κ2) is 12.9. The van der Waals surface area contributed by atoms with Gasteiger partial charge in [-0.1, -0.05) is 20.8 Å². The summed E-state index contributed by atoms with van der Waals surface area (Å²) in [6.45, 7) is 6.24. The first-order valence-corrected chi connectivity index (χ1v) is 4.09. The van der Waals surface area contributed by atoms with Crippen LogP contribution < -0.4 is 0 Å². The lowest BCUT2D eigenvalue weighted by atomic mass is 10.5. The highest BCUT2D eigenvalue weighted by atomic mass is 16.8. The van der Waals surface area contributed by atoms with Crippen LogP contribution in [0.1, 0.15) is 27.2 Å². The molecule has 74 valence electrons. The summed E-state index contributed by atoms with van der Waals surface area (Å²) in [6, 6.07) is 0. The highest BCUT2D eigenvalue weighted by molar-refractivity contribution is 5.59. The van der Waals surface area contributed by atoms with Gasteiger partial charge in [0.05, 0.1) is 6.61 Å². The Morgan fingerprint density at radius 1 is 1.25 bits per heavy atom. The number of methoxy groups -OCH3 is 1. The summed E-state index contributed by atoms with van der Waals surface area (Å²) in [5.41, 5.74) is 0. The van der Waals surface area contributed by atoms with Gasteiger partial charge in [-0.3, -0.25) is 0 Å². The molecule has 0 aliphatic heterocycles. The third-order valence-electron chi connectivity index (χ3n) is 0.719. The molecule has 0 unspecified atom stereocenters. The van der Waals surface area contributed by atoms with E-state index in [-0.39, 0.29) is 6.79 Å². The monoisotopic (exact) mass is 178 g/mol. The molecule has 0 aliphatic rings. The van der Waals surface area contributed by atoms with Crippen molar-refractivity contribution in [2.75, 3.05) is 20.5 Å². The molecule has 0 amide bonds. The van der Waals surface area contributed by atoms with E-state index >= 15 is 0 Å². The van der Waals surface area contributed by atoms with Crippen LogP contribution in [0.15, 0.2) is 0 Å². The van der Waals surface area contributed by atoms with Gasteiger partial charge in [-0.15, -0.1) is 0 Å². The van der Waals surface area contributed by atoms with Crippen molar-refractivity contribution in [1.29, 1.82) is 0 Å². The van der Waals surface area contributed by atoms with Gasteiger partial charge in [-0.25, -0.2) is 4.79 Å². The predicted molar refractivity (Wildman–Crippen MR) is 45.9 cm³/mol. The van der Waals surface area contributed by atoms with Crippen LogP contribution in [0.2, 0.25) is 0 Å². The fourth-order valence-electron chi connectivity index (χ4n) is 0.334. The molecule has 12 heavy (non-hydrogen) atoms. The van der Waals surface area contributed by atoms with Crippen LogP contribution in [-0.4, -0.2) is 26.7 Å². The van der Waals surface area contributed by atoms with Crippen molar-refractivity contribution >= 4 is 6.16 Å². The Kier molecular flexibility index (Phi) is 14.8. The Labute approximate surface area is 73.8 Å². The lowest BCUT2D eigenvalue weighted by molar-refractivity contribution is -0.0260. The maximum absolute atomic E-state index is 10.4. The van der Waals surface area contributed by atoms with Crippen molar-refractivity contribution in [2.45, 2.75) is 27.2 Å². The highest BCUT2D eigenvalue weighted by Crippen LogP contribution is 1.86. The minimum atomic E-state index is -0.677. The maximum Gasteiger partial charge on any atom is 0.510 e. The Hall–Kier alpha value is -0.770. The smallest absolute Gasteiger partial charge is 0.434 e. The number of ether oxygens (including phenoxy) is 3. The number of rotatable bonds is 4. The third kappa shape index (κ3) is 12.0. The molecule has 0 N–H and O–H groups in total. The quantitative estimate of drug-likeness (QED) is 0.489.